The van der Waals surface area contributed by atoms with Gasteiger partial charge in [0.15, 0.2) is 0 Å². The highest BCUT2D eigenvalue weighted by Gasteiger charge is 2.29. The lowest BCUT2D eigenvalue weighted by molar-refractivity contribution is -0.124. The van der Waals surface area contributed by atoms with Gasteiger partial charge < -0.3 is 10.6 Å². The van der Waals surface area contributed by atoms with Gasteiger partial charge in [-0.25, -0.2) is 0 Å². The number of nitriles is 1. The first-order chi connectivity index (χ1) is 12.5. The smallest absolute Gasteiger partial charge is 0.288 e. The zero-order chi connectivity index (χ0) is 19.1. The Balaban J connectivity index is 1.96. The van der Waals surface area contributed by atoms with Gasteiger partial charge in [-0.3, -0.25) is 19.3 Å². The second-order valence-corrected chi connectivity index (χ2v) is 6.57. The van der Waals surface area contributed by atoms with Crippen LogP contribution in [-0.2, 0) is 16.0 Å². The number of benzene rings is 1. The van der Waals surface area contributed by atoms with Gasteiger partial charge in [0.1, 0.15) is 11.6 Å². The molecule has 0 aliphatic carbocycles. The molecule has 1 aromatic carbocycles. The van der Waals surface area contributed by atoms with Crippen molar-refractivity contribution in [3.63, 3.8) is 0 Å². The Kier molecular flexibility index (Phi) is 6.81. The van der Waals surface area contributed by atoms with Crippen molar-refractivity contribution < 1.29 is 14.4 Å². The van der Waals surface area contributed by atoms with Crippen LogP contribution < -0.4 is 10.6 Å². The van der Waals surface area contributed by atoms with E-state index < -0.39 is 5.91 Å². The number of thioether (sulfide) groups is 1. The molecule has 1 aromatic rings. The highest BCUT2D eigenvalue weighted by Crippen LogP contribution is 2.21. The number of nitrogens with one attached hydrogen (secondary N) is 2. The average molecular weight is 372 g/mol. The molecule has 2 N–H and O–H groups in total. The maximum atomic E-state index is 12.4. The number of rotatable bonds is 7. The Morgan fingerprint density at radius 1 is 1.42 bits per heavy atom. The van der Waals surface area contributed by atoms with E-state index in [1.807, 2.05) is 38.1 Å². The van der Waals surface area contributed by atoms with Crippen molar-refractivity contribution in [1.82, 2.24) is 10.2 Å². The van der Waals surface area contributed by atoms with Crippen molar-refractivity contribution in [1.29, 1.82) is 5.26 Å². The molecular weight excluding hydrogens is 352 g/mol. The van der Waals surface area contributed by atoms with Gasteiger partial charge in [0.25, 0.3) is 11.1 Å². The largest absolute Gasteiger partial charge is 0.388 e. The minimum absolute atomic E-state index is 0.0799. The van der Waals surface area contributed by atoms with Crippen molar-refractivity contribution in [3.8, 4) is 6.07 Å². The van der Waals surface area contributed by atoms with Crippen LogP contribution in [0.1, 0.15) is 18.1 Å². The maximum absolute atomic E-state index is 12.4. The van der Waals surface area contributed by atoms with E-state index in [4.69, 9.17) is 0 Å². The zero-order valence-corrected chi connectivity index (χ0v) is 15.5. The maximum Gasteiger partial charge on any atom is 0.288 e. The van der Waals surface area contributed by atoms with Crippen LogP contribution in [0.3, 0.4) is 0 Å². The lowest BCUT2D eigenvalue weighted by Gasteiger charge is -2.13. The molecule has 1 aliphatic heterocycles. The number of nitrogens with zero attached hydrogens (tertiary/aromatic N) is 2. The molecule has 136 valence electrons. The average Bonchev–Trinajstić information content (AvgIpc) is 2.95. The molecule has 0 radical (unpaired) electrons. The molecule has 26 heavy (non-hydrogen) atoms. The fourth-order valence-corrected chi connectivity index (χ4v) is 3.23. The van der Waals surface area contributed by atoms with Gasteiger partial charge in [0.05, 0.1) is 5.75 Å². The number of imide groups is 1. The molecule has 1 saturated heterocycles. The molecule has 0 bridgehead atoms. The van der Waals surface area contributed by atoms with Crippen LogP contribution in [0.5, 0.6) is 0 Å². The molecule has 3 amide bonds. The second kappa shape index (κ2) is 9.06. The summed E-state index contributed by atoms with van der Waals surface area (Å²) in [7, 11) is 0. The van der Waals surface area contributed by atoms with Gasteiger partial charge >= 0.3 is 0 Å². The van der Waals surface area contributed by atoms with Crippen molar-refractivity contribution in [2.45, 2.75) is 20.3 Å². The molecule has 0 spiro atoms. The van der Waals surface area contributed by atoms with E-state index in [2.05, 4.69) is 10.6 Å². The highest BCUT2D eigenvalue weighted by molar-refractivity contribution is 8.14. The molecule has 0 unspecified atom stereocenters. The van der Waals surface area contributed by atoms with E-state index in [0.717, 1.165) is 34.2 Å². The van der Waals surface area contributed by atoms with Crippen LogP contribution in [-0.4, -0.2) is 40.8 Å². The normalized spacial score (nSPS) is 14.3. The summed E-state index contributed by atoms with van der Waals surface area (Å²) < 4.78 is 0. The lowest BCUT2D eigenvalue weighted by atomic mass is 10.1. The number of para-hydroxylation sites is 1. The predicted molar refractivity (Wildman–Crippen MR) is 100 cm³/mol. The molecule has 0 saturated carbocycles. The van der Waals surface area contributed by atoms with Crippen molar-refractivity contribution in [3.05, 3.63) is 41.1 Å². The molecule has 0 aromatic heterocycles. The Hall–Kier alpha value is -2.79. The number of carbonyl (C=O) groups excluding carboxylic acids is 3. The molecule has 1 aliphatic rings. The van der Waals surface area contributed by atoms with Gasteiger partial charge in [0.2, 0.25) is 5.91 Å². The van der Waals surface area contributed by atoms with Gasteiger partial charge in [-0.1, -0.05) is 36.9 Å². The van der Waals surface area contributed by atoms with Crippen LogP contribution in [0.4, 0.5) is 10.5 Å². The fraction of sp³-hybridized carbons (Fsp3) is 0.333. The minimum atomic E-state index is -0.507. The summed E-state index contributed by atoms with van der Waals surface area (Å²) in [5.74, 6) is -0.569. The molecule has 8 heteroatoms. The summed E-state index contributed by atoms with van der Waals surface area (Å²) in [6, 6.07) is 7.61. The summed E-state index contributed by atoms with van der Waals surface area (Å²) in [6.45, 7) is 4.34. The number of hydrogen-bond donors (Lipinski definition) is 2. The highest BCUT2D eigenvalue weighted by atomic mass is 32.2. The number of aryl methyl sites for hydroxylation is 2. The molecule has 1 heterocycles. The number of anilines is 1. The summed E-state index contributed by atoms with van der Waals surface area (Å²) in [5, 5.41) is 14.6. The lowest BCUT2D eigenvalue weighted by Crippen LogP contribution is -2.34. The summed E-state index contributed by atoms with van der Waals surface area (Å²) >= 11 is 0.971. The first-order valence-electron chi connectivity index (χ1n) is 8.18. The SMILES string of the molecule is CCc1cccc(C)c1NC(=O)/C(C#N)=C\NCCN1C(=O)CSC1=O. The third-order valence-corrected chi connectivity index (χ3v) is 4.77. The minimum Gasteiger partial charge on any atom is -0.388 e. The van der Waals surface area contributed by atoms with E-state index in [1.54, 1.807) is 0 Å². The van der Waals surface area contributed by atoms with Crippen LogP contribution in [0, 0.1) is 18.3 Å². The molecule has 0 atom stereocenters. The zero-order valence-electron chi connectivity index (χ0n) is 14.7. The number of amides is 3. The summed E-state index contributed by atoms with van der Waals surface area (Å²) in [6.07, 6.45) is 2.06. The van der Waals surface area contributed by atoms with Gasteiger partial charge in [-0.2, -0.15) is 5.26 Å². The van der Waals surface area contributed by atoms with Crippen LogP contribution in [0.25, 0.3) is 0 Å². The molecule has 7 nitrogen and oxygen atoms in total. The van der Waals surface area contributed by atoms with E-state index in [1.165, 1.54) is 6.20 Å². The van der Waals surface area contributed by atoms with Gasteiger partial charge in [0, 0.05) is 25.0 Å². The van der Waals surface area contributed by atoms with E-state index in [9.17, 15) is 19.6 Å². The number of carbonyl (C=O) groups is 3. The third-order valence-electron chi connectivity index (χ3n) is 3.91. The second-order valence-electron chi connectivity index (χ2n) is 5.64. The molecule has 2 rings (SSSR count). The fourth-order valence-electron chi connectivity index (χ4n) is 2.48. The van der Waals surface area contributed by atoms with Crippen LogP contribution >= 0.6 is 11.8 Å². The summed E-state index contributed by atoms with van der Waals surface area (Å²) in [4.78, 5) is 36.5. The Bertz CT molecular complexity index is 782. The Labute approximate surface area is 156 Å². The standard InChI is InChI=1S/C18H20N4O3S/c1-3-13-6-4-5-12(2)16(13)21-17(24)14(9-19)10-20-7-8-22-15(23)11-26-18(22)25/h4-6,10,20H,3,7-8,11H2,1-2H3,(H,21,24)/b14-10-. The van der Waals surface area contributed by atoms with Crippen LogP contribution in [0.15, 0.2) is 30.0 Å². The van der Waals surface area contributed by atoms with Gasteiger partial charge in [-0.05, 0) is 24.5 Å². The van der Waals surface area contributed by atoms with Gasteiger partial charge in [-0.15, -0.1) is 0 Å². The van der Waals surface area contributed by atoms with E-state index in [-0.39, 0.29) is 35.6 Å². The molecular formula is C18H20N4O3S. The van der Waals surface area contributed by atoms with E-state index in [0.29, 0.717) is 5.69 Å². The third kappa shape index (κ3) is 4.64. The van der Waals surface area contributed by atoms with E-state index >= 15 is 0 Å². The van der Waals surface area contributed by atoms with Crippen molar-refractivity contribution in [2.75, 3.05) is 24.2 Å². The Morgan fingerprint density at radius 2 is 2.19 bits per heavy atom. The Morgan fingerprint density at radius 3 is 2.81 bits per heavy atom. The monoisotopic (exact) mass is 372 g/mol. The van der Waals surface area contributed by atoms with Crippen LogP contribution in [0.2, 0.25) is 0 Å². The first-order valence-corrected chi connectivity index (χ1v) is 9.17. The summed E-state index contributed by atoms with van der Waals surface area (Å²) in [5.41, 5.74) is 2.55. The van der Waals surface area contributed by atoms with Crippen molar-refractivity contribution in [2.24, 2.45) is 0 Å². The first kappa shape index (κ1) is 19.5. The molecule has 1 fully saturated rings. The topological polar surface area (TPSA) is 102 Å². The predicted octanol–water partition coefficient (Wildman–Crippen LogP) is 2.19. The quantitative estimate of drug-likeness (QED) is 0.432. The van der Waals surface area contributed by atoms with Crippen molar-refractivity contribution >= 4 is 34.5 Å². The number of hydrogen-bond acceptors (Lipinski definition) is 6.